The Kier molecular flexibility index (Phi) is 2.37. The molecule has 12 heavy (non-hydrogen) atoms. The Balaban J connectivity index is 1.68. The van der Waals surface area contributed by atoms with Gasteiger partial charge in [0.25, 0.3) is 0 Å². The number of hydrogen-bond acceptors (Lipinski definition) is 2. The van der Waals surface area contributed by atoms with Crippen LogP contribution in [0.5, 0.6) is 0 Å². The molecule has 3 unspecified atom stereocenters. The zero-order valence-electron chi connectivity index (χ0n) is 8.14. The third-order valence-electron chi connectivity index (χ3n) is 3.29. The SMILES string of the molecule is CCCC(C)NC1C2CNCC21. The van der Waals surface area contributed by atoms with E-state index in [1.54, 1.807) is 0 Å². The van der Waals surface area contributed by atoms with Gasteiger partial charge in [0.15, 0.2) is 0 Å². The smallest absolute Gasteiger partial charge is 0.0158 e. The molecule has 0 aromatic rings. The van der Waals surface area contributed by atoms with Gasteiger partial charge in [-0.2, -0.15) is 0 Å². The summed E-state index contributed by atoms with van der Waals surface area (Å²) in [4.78, 5) is 0. The van der Waals surface area contributed by atoms with Gasteiger partial charge in [-0.25, -0.2) is 0 Å². The van der Waals surface area contributed by atoms with Crippen molar-refractivity contribution in [3.63, 3.8) is 0 Å². The fourth-order valence-corrected chi connectivity index (χ4v) is 2.51. The van der Waals surface area contributed by atoms with Crippen molar-refractivity contribution in [2.24, 2.45) is 11.8 Å². The first-order valence-corrected chi connectivity index (χ1v) is 5.29. The molecule has 0 amide bonds. The van der Waals surface area contributed by atoms with Crippen LogP contribution in [0, 0.1) is 11.8 Å². The molecule has 1 aliphatic heterocycles. The lowest BCUT2D eigenvalue weighted by atomic mass is 10.2. The topological polar surface area (TPSA) is 24.1 Å². The van der Waals surface area contributed by atoms with Crippen LogP contribution in [0.2, 0.25) is 0 Å². The molecule has 70 valence electrons. The molecule has 2 N–H and O–H groups in total. The highest BCUT2D eigenvalue weighted by Gasteiger charge is 2.52. The van der Waals surface area contributed by atoms with Crippen LogP contribution in [-0.4, -0.2) is 25.2 Å². The van der Waals surface area contributed by atoms with E-state index in [4.69, 9.17) is 0 Å². The van der Waals surface area contributed by atoms with Gasteiger partial charge in [0, 0.05) is 12.1 Å². The number of piperidine rings is 1. The van der Waals surface area contributed by atoms with E-state index in [9.17, 15) is 0 Å². The monoisotopic (exact) mass is 168 g/mol. The van der Waals surface area contributed by atoms with Crippen LogP contribution in [0.4, 0.5) is 0 Å². The number of fused-ring (bicyclic) bond motifs is 1. The van der Waals surface area contributed by atoms with Crippen LogP contribution in [0.15, 0.2) is 0 Å². The Hall–Kier alpha value is -0.0800. The zero-order chi connectivity index (χ0) is 8.55. The van der Waals surface area contributed by atoms with Gasteiger partial charge in [-0.3, -0.25) is 0 Å². The molecule has 1 saturated carbocycles. The lowest BCUT2D eigenvalue weighted by Crippen LogP contribution is -2.33. The van der Waals surface area contributed by atoms with Gasteiger partial charge in [-0.1, -0.05) is 13.3 Å². The normalized spacial score (nSPS) is 41.0. The van der Waals surface area contributed by atoms with E-state index in [0.717, 1.165) is 23.9 Å². The zero-order valence-corrected chi connectivity index (χ0v) is 8.14. The minimum Gasteiger partial charge on any atom is -0.316 e. The van der Waals surface area contributed by atoms with Crippen molar-refractivity contribution in [3.8, 4) is 0 Å². The maximum Gasteiger partial charge on any atom is 0.0158 e. The van der Waals surface area contributed by atoms with Gasteiger partial charge in [0.1, 0.15) is 0 Å². The Bertz CT molecular complexity index is 148. The summed E-state index contributed by atoms with van der Waals surface area (Å²) in [5.74, 6) is 1.92. The summed E-state index contributed by atoms with van der Waals surface area (Å²) >= 11 is 0. The van der Waals surface area contributed by atoms with Crippen LogP contribution in [0.3, 0.4) is 0 Å². The number of rotatable bonds is 4. The molecule has 2 fully saturated rings. The van der Waals surface area contributed by atoms with E-state index in [1.807, 2.05) is 0 Å². The summed E-state index contributed by atoms with van der Waals surface area (Å²) in [5.41, 5.74) is 0. The van der Waals surface area contributed by atoms with E-state index in [1.165, 1.54) is 25.9 Å². The van der Waals surface area contributed by atoms with E-state index in [2.05, 4.69) is 24.5 Å². The van der Waals surface area contributed by atoms with Crippen molar-refractivity contribution >= 4 is 0 Å². The average molecular weight is 168 g/mol. The third kappa shape index (κ3) is 1.50. The highest BCUT2D eigenvalue weighted by Crippen LogP contribution is 2.41. The van der Waals surface area contributed by atoms with Gasteiger partial charge < -0.3 is 10.6 Å². The molecule has 1 heterocycles. The first kappa shape index (κ1) is 8.52. The first-order valence-electron chi connectivity index (χ1n) is 5.29. The second-order valence-electron chi connectivity index (χ2n) is 4.37. The van der Waals surface area contributed by atoms with Crippen molar-refractivity contribution in [2.45, 2.75) is 38.8 Å². The number of hydrogen-bond donors (Lipinski definition) is 2. The molecule has 2 heteroatoms. The molecular weight excluding hydrogens is 148 g/mol. The van der Waals surface area contributed by atoms with Crippen molar-refractivity contribution in [1.29, 1.82) is 0 Å². The second kappa shape index (κ2) is 3.35. The maximum atomic E-state index is 3.72. The van der Waals surface area contributed by atoms with E-state index < -0.39 is 0 Å². The van der Waals surface area contributed by atoms with Gasteiger partial charge in [-0.05, 0) is 38.3 Å². The van der Waals surface area contributed by atoms with Gasteiger partial charge in [-0.15, -0.1) is 0 Å². The molecule has 3 atom stereocenters. The van der Waals surface area contributed by atoms with Gasteiger partial charge in [0.05, 0.1) is 0 Å². The molecular formula is C10H20N2. The second-order valence-corrected chi connectivity index (χ2v) is 4.37. The van der Waals surface area contributed by atoms with Crippen molar-refractivity contribution < 1.29 is 0 Å². The average Bonchev–Trinajstić information content (AvgIpc) is 2.51. The molecule has 0 spiro atoms. The summed E-state index contributed by atoms with van der Waals surface area (Å²) in [5, 5.41) is 7.13. The van der Waals surface area contributed by atoms with Gasteiger partial charge >= 0.3 is 0 Å². The highest BCUT2D eigenvalue weighted by molar-refractivity contribution is 5.09. The third-order valence-corrected chi connectivity index (χ3v) is 3.29. The molecule has 2 nitrogen and oxygen atoms in total. The molecule has 0 bridgehead atoms. The Morgan fingerprint density at radius 1 is 1.42 bits per heavy atom. The van der Waals surface area contributed by atoms with Crippen LogP contribution in [0.1, 0.15) is 26.7 Å². The number of nitrogens with one attached hydrogen (secondary N) is 2. The van der Waals surface area contributed by atoms with Crippen molar-refractivity contribution in [3.05, 3.63) is 0 Å². The molecule has 0 aromatic carbocycles. The summed E-state index contributed by atoms with van der Waals surface area (Å²) < 4.78 is 0. The molecule has 1 saturated heterocycles. The molecule has 0 radical (unpaired) electrons. The fourth-order valence-electron chi connectivity index (χ4n) is 2.51. The summed E-state index contributed by atoms with van der Waals surface area (Å²) in [7, 11) is 0. The lowest BCUT2D eigenvalue weighted by molar-refractivity contribution is 0.464. The first-order chi connectivity index (χ1) is 5.83. The maximum absolute atomic E-state index is 3.72. The van der Waals surface area contributed by atoms with Crippen LogP contribution in [-0.2, 0) is 0 Å². The minimum atomic E-state index is 0.727. The lowest BCUT2D eigenvalue weighted by Gasteiger charge is -2.14. The van der Waals surface area contributed by atoms with Gasteiger partial charge in [0.2, 0.25) is 0 Å². The summed E-state index contributed by atoms with van der Waals surface area (Å²) in [6, 6.07) is 1.58. The quantitative estimate of drug-likeness (QED) is 0.654. The van der Waals surface area contributed by atoms with Crippen LogP contribution >= 0.6 is 0 Å². The molecule has 2 rings (SSSR count). The Morgan fingerprint density at radius 3 is 2.67 bits per heavy atom. The standard InChI is InChI=1S/C10H20N2/c1-3-4-7(2)12-10-8-5-11-6-9(8)10/h7-12H,3-6H2,1-2H3. The minimum absolute atomic E-state index is 0.727. The van der Waals surface area contributed by atoms with E-state index >= 15 is 0 Å². The van der Waals surface area contributed by atoms with Crippen LogP contribution < -0.4 is 10.6 Å². The largest absolute Gasteiger partial charge is 0.316 e. The van der Waals surface area contributed by atoms with Crippen molar-refractivity contribution in [2.75, 3.05) is 13.1 Å². The van der Waals surface area contributed by atoms with Crippen LogP contribution in [0.25, 0.3) is 0 Å². The van der Waals surface area contributed by atoms with E-state index in [-0.39, 0.29) is 0 Å². The Morgan fingerprint density at radius 2 is 2.08 bits per heavy atom. The predicted molar refractivity (Wildman–Crippen MR) is 51.1 cm³/mol. The summed E-state index contributed by atoms with van der Waals surface area (Å²) in [6.07, 6.45) is 2.62. The highest BCUT2D eigenvalue weighted by atomic mass is 15.1. The summed E-state index contributed by atoms with van der Waals surface area (Å²) in [6.45, 7) is 7.07. The predicted octanol–water partition coefficient (Wildman–Crippen LogP) is 0.982. The van der Waals surface area contributed by atoms with E-state index in [0.29, 0.717) is 0 Å². The Labute approximate surface area is 75.1 Å². The molecule has 0 aromatic heterocycles. The molecule has 1 aliphatic carbocycles. The fraction of sp³-hybridized carbons (Fsp3) is 1.00. The van der Waals surface area contributed by atoms with Crippen molar-refractivity contribution in [1.82, 2.24) is 10.6 Å². The molecule has 2 aliphatic rings.